The van der Waals surface area contributed by atoms with Gasteiger partial charge in [0.05, 0.1) is 11.4 Å². The molecule has 0 spiro atoms. The summed E-state index contributed by atoms with van der Waals surface area (Å²) in [6, 6.07) is 22.6. The van der Waals surface area contributed by atoms with Crippen molar-refractivity contribution in [2.24, 2.45) is 0 Å². The van der Waals surface area contributed by atoms with Crippen molar-refractivity contribution in [2.45, 2.75) is 12.1 Å². The number of amides is 2. The number of rotatable bonds is 7. The van der Waals surface area contributed by atoms with Crippen LogP contribution in [0, 0.1) is 6.92 Å². The van der Waals surface area contributed by atoms with Gasteiger partial charge in [0.1, 0.15) is 0 Å². The number of piperazine rings is 1. The fraction of sp³-hybridized carbons (Fsp3) is 0.222. The summed E-state index contributed by atoms with van der Waals surface area (Å²) in [5.41, 5.74) is 4.40. The number of carbonyl (C=O) groups excluding carboxylic acids is 2. The third-order valence-electron chi connectivity index (χ3n) is 6.23. The number of aromatic nitrogens is 4. The van der Waals surface area contributed by atoms with E-state index in [0.717, 1.165) is 30.0 Å². The van der Waals surface area contributed by atoms with Crippen LogP contribution in [0.15, 0.2) is 78.0 Å². The van der Waals surface area contributed by atoms with Crippen molar-refractivity contribution in [1.82, 2.24) is 25.1 Å². The van der Waals surface area contributed by atoms with Crippen LogP contribution in [0.25, 0.3) is 5.69 Å². The number of thioether (sulfide) groups is 1. The van der Waals surface area contributed by atoms with Crippen molar-refractivity contribution in [3.05, 3.63) is 88.9 Å². The minimum Gasteiger partial charge on any atom is -0.368 e. The molecular formula is C27H26ClN7O2S. The quantitative estimate of drug-likeness (QED) is 0.344. The van der Waals surface area contributed by atoms with E-state index >= 15 is 0 Å². The Bertz CT molecular complexity index is 1400. The van der Waals surface area contributed by atoms with E-state index in [-0.39, 0.29) is 17.6 Å². The van der Waals surface area contributed by atoms with Crippen LogP contribution < -0.4 is 10.2 Å². The van der Waals surface area contributed by atoms with Crippen LogP contribution in [0.1, 0.15) is 15.9 Å². The number of nitrogens with zero attached hydrogens (tertiary/aromatic N) is 6. The number of hydrogen-bond donors (Lipinski definition) is 1. The Morgan fingerprint density at radius 3 is 2.24 bits per heavy atom. The van der Waals surface area contributed by atoms with Crippen LogP contribution in [-0.2, 0) is 4.79 Å². The molecule has 0 atom stereocenters. The van der Waals surface area contributed by atoms with Crippen LogP contribution in [0.3, 0.4) is 0 Å². The maximum atomic E-state index is 12.7. The molecule has 5 rings (SSSR count). The zero-order valence-corrected chi connectivity index (χ0v) is 22.3. The zero-order valence-electron chi connectivity index (χ0n) is 20.7. The highest BCUT2D eigenvalue weighted by Gasteiger charge is 2.22. The molecule has 3 aromatic carbocycles. The first-order valence-electron chi connectivity index (χ1n) is 12.1. The minimum absolute atomic E-state index is 0.0187. The molecule has 1 aliphatic heterocycles. The Kier molecular flexibility index (Phi) is 7.90. The highest BCUT2D eigenvalue weighted by atomic mass is 35.5. The van der Waals surface area contributed by atoms with Crippen LogP contribution in [0.2, 0.25) is 5.02 Å². The lowest BCUT2D eigenvalue weighted by molar-refractivity contribution is -0.113. The number of hydrogen-bond acceptors (Lipinski definition) is 7. The van der Waals surface area contributed by atoms with Crippen LogP contribution in [0.5, 0.6) is 0 Å². The molecule has 0 unspecified atom stereocenters. The molecule has 2 heterocycles. The van der Waals surface area contributed by atoms with E-state index in [4.69, 9.17) is 11.6 Å². The zero-order chi connectivity index (χ0) is 26.5. The predicted molar refractivity (Wildman–Crippen MR) is 149 cm³/mol. The Labute approximate surface area is 229 Å². The van der Waals surface area contributed by atoms with Gasteiger partial charge in [0.15, 0.2) is 0 Å². The second-order valence-corrected chi connectivity index (χ2v) is 10.3. The van der Waals surface area contributed by atoms with Crippen molar-refractivity contribution < 1.29 is 9.59 Å². The second-order valence-electron chi connectivity index (χ2n) is 8.88. The topological polar surface area (TPSA) is 96.2 Å². The molecule has 0 radical (unpaired) electrons. The number of tetrazole rings is 1. The molecule has 1 aliphatic rings. The van der Waals surface area contributed by atoms with Crippen molar-refractivity contribution in [2.75, 3.05) is 42.1 Å². The van der Waals surface area contributed by atoms with E-state index in [9.17, 15) is 9.59 Å². The second kappa shape index (κ2) is 11.7. The number of halogens is 1. The smallest absolute Gasteiger partial charge is 0.253 e. The summed E-state index contributed by atoms with van der Waals surface area (Å²) in [7, 11) is 0. The Morgan fingerprint density at radius 1 is 0.895 bits per heavy atom. The SMILES string of the molecule is Cc1ccc(-n2nnnc2SCC(=O)Nc2ccc(N3CCN(C(=O)c4ccc(Cl)cc4)CC3)cc2)cc1. The maximum Gasteiger partial charge on any atom is 0.253 e. The van der Waals surface area contributed by atoms with Crippen molar-refractivity contribution in [1.29, 1.82) is 0 Å². The maximum absolute atomic E-state index is 12.7. The van der Waals surface area contributed by atoms with Gasteiger partial charge in [-0.25, -0.2) is 0 Å². The van der Waals surface area contributed by atoms with Crippen molar-refractivity contribution in [3.8, 4) is 5.69 Å². The highest BCUT2D eigenvalue weighted by Crippen LogP contribution is 2.22. The molecule has 0 saturated carbocycles. The van der Waals surface area contributed by atoms with Crippen LogP contribution >= 0.6 is 23.4 Å². The van der Waals surface area contributed by atoms with Gasteiger partial charge in [0, 0.05) is 48.1 Å². The summed E-state index contributed by atoms with van der Waals surface area (Å²) in [5, 5.41) is 15.9. The van der Waals surface area contributed by atoms with E-state index in [1.54, 1.807) is 28.9 Å². The fourth-order valence-corrected chi connectivity index (χ4v) is 4.96. The molecule has 38 heavy (non-hydrogen) atoms. The van der Waals surface area contributed by atoms with Gasteiger partial charge in [-0.05, 0) is 78.0 Å². The van der Waals surface area contributed by atoms with Gasteiger partial charge >= 0.3 is 0 Å². The van der Waals surface area contributed by atoms with E-state index in [1.165, 1.54) is 11.8 Å². The highest BCUT2D eigenvalue weighted by molar-refractivity contribution is 7.99. The molecule has 1 saturated heterocycles. The average Bonchev–Trinajstić information content (AvgIpc) is 3.42. The number of anilines is 2. The number of benzene rings is 3. The van der Waals surface area contributed by atoms with E-state index in [1.807, 2.05) is 60.4 Å². The minimum atomic E-state index is -0.143. The summed E-state index contributed by atoms with van der Waals surface area (Å²) < 4.78 is 1.62. The summed E-state index contributed by atoms with van der Waals surface area (Å²) >= 11 is 7.21. The van der Waals surface area contributed by atoms with Crippen molar-refractivity contribution in [3.63, 3.8) is 0 Å². The van der Waals surface area contributed by atoms with Gasteiger partial charge in [-0.1, -0.05) is 41.1 Å². The van der Waals surface area contributed by atoms with Gasteiger partial charge in [0.25, 0.3) is 5.91 Å². The van der Waals surface area contributed by atoms with Gasteiger partial charge < -0.3 is 15.1 Å². The van der Waals surface area contributed by atoms with E-state index < -0.39 is 0 Å². The lowest BCUT2D eigenvalue weighted by atomic mass is 10.1. The Morgan fingerprint density at radius 2 is 1.55 bits per heavy atom. The van der Waals surface area contributed by atoms with E-state index in [0.29, 0.717) is 34.5 Å². The third kappa shape index (κ3) is 6.15. The molecular weight excluding hydrogens is 522 g/mol. The average molecular weight is 548 g/mol. The molecule has 1 aromatic heterocycles. The summed E-state index contributed by atoms with van der Waals surface area (Å²) in [5.74, 6) is 0.0538. The molecule has 4 aromatic rings. The first kappa shape index (κ1) is 25.7. The van der Waals surface area contributed by atoms with Gasteiger partial charge in [0.2, 0.25) is 11.1 Å². The fourth-order valence-electron chi connectivity index (χ4n) is 4.14. The number of nitrogens with one attached hydrogen (secondary N) is 1. The largest absolute Gasteiger partial charge is 0.368 e. The van der Waals surface area contributed by atoms with Gasteiger partial charge in [-0.3, -0.25) is 9.59 Å². The number of aryl methyl sites for hydroxylation is 1. The lowest BCUT2D eigenvalue weighted by Gasteiger charge is -2.36. The molecule has 0 aliphatic carbocycles. The normalized spacial score (nSPS) is 13.4. The first-order chi connectivity index (χ1) is 18.5. The molecule has 1 N–H and O–H groups in total. The summed E-state index contributed by atoms with van der Waals surface area (Å²) in [6.07, 6.45) is 0. The Hall–Kier alpha value is -3.89. The third-order valence-corrected chi connectivity index (χ3v) is 7.40. The van der Waals surface area contributed by atoms with Gasteiger partial charge in [-0.2, -0.15) is 4.68 Å². The molecule has 1 fully saturated rings. The Balaban J connectivity index is 1.11. The first-order valence-corrected chi connectivity index (χ1v) is 13.5. The molecule has 11 heteroatoms. The standard InChI is InChI=1S/C27H26ClN7O2S/c1-19-2-10-24(11-3-19)35-27(30-31-32-35)38-18-25(36)29-22-8-12-23(13-9-22)33-14-16-34(17-15-33)26(37)20-4-6-21(28)7-5-20/h2-13H,14-18H2,1H3,(H,29,36). The van der Waals surface area contributed by atoms with E-state index in [2.05, 4.69) is 25.7 Å². The molecule has 0 bridgehead atoms. The summed E-state index contributed by atoms with van der Waals surface area (Å²) in [6.45, 7) is 4.76. The number of carbonyl (C=O) groups is 2. The molecule has 194 valence electrons. The lowest BCUT2D eigenvalue weighted by Crippen LogP contribution is -2.48. The van der Waals surface area contributed by atoms with Crippen LogP contribution in [-0.4, -0.2) is 68.9 Å². The van der Waals surface area contributed by atoms with Crippen LogP contribution in [0.4, 0.5) is 11.4 Å². The van der Waals surface area contributed by atoms with Gasteiger partial charge in [-0.15, -0.1) is 5.10 Å². The monoisotopic (exact) mass is 547 g/mol. The van der Waals surface area contributed by atoms with Crippen molar-refractivity contribution >= 4 is 46.6 Å². The molecule has 2 amide bonds. The summed E-state index contributed by atoms with van der Waals surface area (Å²) in [4.78, 5) is 29.4. The predicted octanol–water partition coefficient (Wildman–Crippen LogP) is 4.32. The molecule has 9 nitrogen and oxygen atoms in total.